The highest BCUT2D eigenvalue weighted by Gasteiger charge is 2.19. The molecule has 0 saturated carbocycles. The van der Waals surface area contributed by atoms with Crippen LogP contribution in [0.5, 0.6) is 0 Å². The van der Waals surface area contributed by atoms with E-state index in [4.69, 9.17) is 11.0 Å². The van der Waals surface area contributed by atoms with E-state index in [9.17, 15) is 9.59 Å². The van der Waals surface area contributed by atoms with E-state index in [1.54, 1.807) is 54.6 Å². The number of hydrogen-bond donors (Lipinski definition) is 2. The molecule has 2 aromatic carbocycles. The third-order valence-electron chi connectivity index (χ3n) is 3.21. The predicted octanol–water partition coefficient (Wildman–Crippen LogP) is 1.38. The second-order valence-corrected chi connectivity index (χ2v) is 4.81. The summed E-state index contributed by atoms with van der Waals surface area (Å²) in [5, 5.41) is 11.4. The third-order valence-corrected chi connectivity index (χ3v) is 3.21. The molecule has 0 saturated heterocycles. The lowest BCUT2D eigenvalue weighted by molar-refractivity contribution is -0.119. The maximum absolute atomic E-state index is 12.1. The largest absolute Gasteiger partial charge is 0.368 e. The highest BCUT2D eigenvalue weighted by atomic mass is 16.2. The van der Waals surface area contributed by atoms with Gasteiger partial charge in [-0.1, -0.05) is 30.3 Å². The predicted molar refractivity (Wildman–Crippen MR) is 81.8 cm³/mol. The summed E-state index contributed by atoms with van der Waals surface area (Å²) in [4.78, 5) is 23.6. The van der Waals surface area contributed by atoms with E-state index >= 15 is 0 Å². The van der Waals surface area contributed by atoms with Crippen molar-refractivity contribution in [1.29, 1.82) is 5.26 Å². The molecule has 2 rings (SSSR count). The van der Waals surface area contributed by atoms with Crippen LogP contribution in [-0.4, -0.2) is 17.9 Å². The molecule has 5 heteroatoms. The molecule has 0 aromatic heterocycles. The average molecular weight is 293 g/mol. The Labute approximate surface area is 128 Å². The van der Waals surface area contributed by atoms with Gasteiger partial charge in [0.25, 0.3) is 5.91 Å². The number of carbonyl (C=O) groups is 2. The van der Waals surface area contributed by atoms with Gasteiger partial charge in [0.2, 0.25) is 5.91 Å². The van der Waals surface area contributed by atoms with Crippen LogP contribution in [0.25, 0.3) is 0 Å². The summed E-state index contributed by atoms with van der Waals surface area (Å²) in [6.45, 7) is 0. The van der Waals surface area contributed by atoms with Crippen LogP contribution in [0.2, 0.25) is 0 Å². The van der Waals surface area contributed by atoms with Gasteiger partial charge in [-0.2, -0.15) is 5.26 Å². The van der Waals surface area contributed by atoms with Crippen molar-refractivity contribution in [2.24, 2.45) is 5.73 Å². The van der Waals surface area contributed by atoms with E-state index in [1.807, 2.05) is 6.07 Å². The molecule has 2 aromatic rings. The SMILES string of the molecule is N#Cc1ccc(C[C@@H](NC(=O)c2ccccc2)C(N)=O)cc1. The van der Waals surface area contributed by atoms with Crippen molar-refractivity contribution >= 4 is 11.8 Å². The van der Waals surface area contributed by atoms with Crippen LogP contribution < -0.4 is 11.1 Å². The molecule has 0 unspecified atom stereocenters. The molecule has 0 aliphatic rings. The summed E-state index contributed by atoms with van der Waals surface area (Å²) >= 11 is 0. The molecule has 3 N–H and O–H groups in total. The van der Waals surface area contributed by atoms with E-state index in [0.717, 1.165) is 5.56 Å². The topological polar surface area (TPSA) is 96.0 Å². The zero-order valence-corrected chi connectivity index (χ0v) is 11.8. The highest BCUT2D eigenvalue weighted by molar-refractivity contribution is 5.97. The third kappa shape index (κ3) is 3.93. The van der Waals surface area contributed by atoms with Crippen molar-refractivity contribution in [2.45, 2.75) is 12.5 Å². The number of amides is 2. The van der Waals surface area contributed by atoms with Gasteiger partial charge in [0.15, 0.2) is 0 Å². The van der Waals surface area contributed by atoms with Crippen molar-refractivity contribution < 1.29 is 9.59 Å². The summed E-state index contributed by atoms with van der Waals surface area (Å²) < 4.78 is 0. The van der Waals surface area contributed by atoms with Gasteiger partial charge >= 0.3 is 0 Å². The second kappa shape index (κ2) is 7.04. The van der Waals surface area contributed by atoms with Gasteiger partial charge in [-0.3, -0.25) is 9.59 Å². The maximum Gasteiger partial charge on any atom is 0.251 e. The van der Waals surface area contributed by atoms with Gasteiger partial charge in [0, 0.05) is 12.0 Å². The lowest BCUT2D eigenvalue weighted by Gasteiger charge is -2.15. The molecule has 5 nitrogen and oxygen atoms in total. The monoisotopic (exact) mass is 293 g/mol. The van der Waals surface area contributed by atoms with Crippen LogP contribution in [0, 0.1) is 11.3 Å². The van der Waals surface area contributed by atoms with E-state index in [1.165, 1.54) is 0 Å². The van der Waals surface area contributed by atoms with E-state index in [-0.39, 0.29) is 12.3 Å². The van der Waals surface area contributed by atoms with Gasteiger partial charge in [0.05, 0.1) is 11.6 Å². The van der Waals surface area contributed by atoms with E-state index < -0.39 is 11.9 Å². The summed E-state index contributed by atoms with van der Waals surface area (Å²) in [7, 11) is 0. The summed E-state index contributed by atoms with van der Waals surface area (Å²) in [5.41, 5.74) is 7.18. The quantitative estimate of drug-likeness (QED) is 0.871. The minimum Gasteiger partial charge on any atom is -0.368 e. The summed E-state index contributed by atoms with van der Waals surface area (Å²) in [6.07, 6.45) is 0.277. The molecule has 0 aliphatic heterocycles. The van der Waals surface area contributed by atoms with Gasteiger partial charge in [0.1, 0.15) is 6.04 Å². The zero-order chi connectivity index (χ0) is 15.9. The number of nitrogens with one attached hydrogen (secondary N) is 1. The molecular weight excluding hydrogens is 278 g/mol. The number of nitrogens with two attached hydrogens (primary N) is 1. The van der Waals surface area contributed by atoms with Crippen molar-refractivity contribution in [3.63, 3.8) is 0 Å². The molecule has 110 valence electrons. The number of carbonyl (C=O) groups excluding carboxylic acids is 2. The minimum atomic E-state index is -0.805. The molecule has 0 fully saturated rings. The Morgan fingerprint density at radius 3 is 2.27 bits per heavy atom. The average Bonchev–Trinajstić information content (AvgIpc) is 2.55. The first kappa shape index (κ1) is 15.3. The van der Waals surface area contributed by atoms with Gasteiger partial charge in [-0.15, -0.1) is 0 Å². The van der Waals surface area contributed by atoms with E-state index in [0.29, 0.717) is 11.1 Å². The van der Waals surface area contributed by atoms with Crippen molar-refractivity contribution in [3.8, 4) is 6.07 Å². The van der Waals surface area contributed by atoms with Crippen LogP contribution in [0.4, 0.5) is 0 Å². The fourth-order valence-electron chi connectivity index (χ4n) is 2.00. The minimum absolute atomic E-state index is 0.277. The molecule has 22 heavy (non-hydrogen) atoms. The summed E-state index contributed by atoms with van der Waals surface area (Å²) in [5.74, 6) is -0.952. The lowest BCUT2D eigenvalue weighted by atomic mass is 10.0. The molecular formula is C17H15N3O2. The molecule has 0 bridgehead atoms. The molecule has 0 aliphatic carbocycles. The van der Waals surface area contributed by atoms with Crippen LogP contribution in [-0.2, 0) is 11.2 Å². The van der Waals surface area contributed by atoms with Crippen molar-refractivity contribution in [3.05, 3.63) is 71.3 Å². The Bertz CT molecular complexity index is 703. The van der Waals surface area contributed by atoms with Gasteiger partial charge in [-0.25, -0.2) is 0 Å². The smallest absolute Gasteiger partial charge is 0.251 e. The number of nitrogens with zero attached hydrogens (tertiary/aromatic N) is 1. The van der Waals surface area contributed by atoms with Crippen LogP contribution in [0.15, 0.2) is 54.6 Å². The highest BCUT2D eigenvalue weighted by Crippen LogP contribution is 2.07. The molecule has 0 heterocycles. The first-order valence-corrected chi connectivity index (χ1v) is 6.74. The fourth-order valence-corrected chi connectivity index (χ4v) is 2.00. The lowest BCUT2D eigenvalue weighted by Crippen LogP contribution is -2.45. The normalized spacial score (nSPS) is 11.2. The van der Waals surface area contributed by atoms with Crippen molar-refractivity contribution in [2.75, 3.05) is 0 Å². The molecule has 0 spiro atoms. The second-order valence-electron chi connectivity index (χ2n) is 4.81. The number of hydrogen-bond acceptors (Lipinski definition) is 3. The maximum atomic E-state index is 12.1. The standard InChI is InChI=1S/C17H15N3O2/c18-11-13-8-6-12(7-9-13)10-15(16(19)21)20-17(22)14-4-2-1-3-5-14/h1-9,15H,10H2,(H2,19,21)(H,20,22)/t15-/m1/s1. The van der Waals surface area contributed by atoms with Gasteiger partial charge in [-0.05, 0) is 29.8 Å². The van der Waals surface area contributed by atoms with E-state index in [2.05, 4.69) is 5.32 Å². The molecule has 0 radical (unpaired) electrons. The Morgan fingerprint density at radius 2 is 1.73 bits per heavy atom. The van der Waals surface area contributed by atoms with Crippen LogP contribution in [0.1, 0.15) is 21.5 Å². The Balaban J connectivity index is 2.08. The number of rotatable bonds is 5. The number of nitriles is 1. The van der Waals surface area contributed by atoms with Crippen LogP contribution >= 0.6 is 0 Å². The first-order chi connectivity index (χ1) is 10.6. The summed E-state index contributed by atoms with van der Waals surface area (Å²) in [6, 6.07) is 16.6. The Hall–Kier alpha value is -3.13. The van der Waals surface area contributed by atoms with Crippen LogP contribution in [0.3, 0.4) is 0 Å². The molecule has 1 atom stereocenters. The number of benzene rings is 2. The zero-order valence-electron chi connectivity index (χ0n) is 11.8. The Morgan fingerprint density at radius 1 is 1.09 bits per heavy atom. The molecule has 2 amide bonds. The Kier molecular flexibility index (Phi) is 4.89. The fraction of sp³-hybridized carbons (Fsp3) is 0.118. The number of primary amides is 1. The van der Waals surface area contributed by atoms with Crippen molar-refractivity contribution in [1.82, 2.24) is 5.32 Å². The first-order valence-electron chi connectivity index (χ1n) is 6.74. The van der Waals surface area contributed by atoms with Gasteiger partial charge < -0.3 is 11.1 Å².